The van der Waals surface area contributed by atoms with E-state index in [0.717, 1.165) is 25.7 Å². The van der Waals surface area contributed by atoms with Gasteiger partial charge in [-0.2, -0.15) is 0 Å². The molecule has 4 saturated carbocycles. The van der Waals surface area contributed by atoms with Crippen molar-refractivity contribution < 1.29 is 19.7 Å². The SMILES string of the molecule is CC(=O)OC1CCC2(C)C(CCC3(C)C2C(OO)C=C2C4CC(C)(C)CCC4(C)CCC23C)C1(C)C. The second-order valence-corrected chi connectivity index (χ2v) is 16.0. The molecule has 0 amide bonds. The quantitative estimate of drug-likeness (QED) is 0.180. The Hall–Kier alpha value is -0.870. The highest BCUT2D eigenvalue weighted by Gasteiger charge is 2.70. The first-order chi connectivity index (χ1) is 16.5. The van der Waals surface area contributed by atoms with Gasteiger partial charge in [0.05, 0.1) is 0 Å². The highest BCUT2D eigenvalue weighted by molar-refractivity contribution is 5.66. The Balaban J connectivity index is 1.60. The van der Waals surface area contributed by atoms with Crippen LogP contribution < -0.4 is 0 Å². The van der Waals surface area contributed by atoms with Crippen molar-refractivity contribution in [3.63, 3.8) is 0 Å². The number of hydrogen-bond acceptors (Lipinski definition) is 4. The van der Waals surface area contributed by atoms with Crippen LogP contribution in [0.2, 0.25) is 0 Å². The number of esters is 1. The number of fused-ring (bicyclic) bond motifs is 7. The van der Waals surface area contributed by atoms with Crippen LogP contribution in [-0.2, 0) is 14.4 Å². The summed E-state index contributed by atoms with van der Waals surface area (Å²) in [5, 5.41) is 10.5. The maximum Gasteiger partial charge on any atom is 0.302 e. The van der Waals surface area contributed by atoms with E-state index in [9.17, 15) is 10.1 Å². The van der Waals surface area contributed by atoms with Crippen molar-refractivity contribution in [1.82, 2.24) is 0 Å². The summed E-state index contributed by atoms with van der Waals surface area (Å²) in [4.78, 5) is 17.4. The standard InChI is InChI=1S/C32H52O4/c1-20(33)35-25-11-12-30(7)24(28(25,4)5)10-13-32(9)26(30)23(36-34)18-21-22-19-27(2,3)14-15-29(22,6)16-17-31(21,32)8/h18,22-26,34H,10-17,19H2,1-9H3. The summed E-state index contributed by atoms with van der Waals surface area (Å²) >= 11 is 0. The van der Waals surface area contributed by atoms with Gasteiger partial charge in [-0.05, 0) is 96.7 Å². The van der Waals surface area contributed by atoms with E-state index in [1.54, 1.807) is 5.57 Å². The Kier molecular flexibility index (Phi) is 5.99. The Morgan fingerprint density at radius 2 is 1.58 bits per heavy atom. The molecule has 4 fully saturated rings. The zero-order valence-electron chi connectivity index (χ0n) is 24.5. The highest BCUT2D eigenvalue weighted by atomic mass is 17.1. The van der Waals surface area contributed by atoms with Crippen LogP contribution in [-0.4, -0.2) is 23.4 Å². The van der Waals surface area contributed by atoms with Gasteiger partial charge >= 0.3 is 5.97 Å². The van der Waals surface area contributed by atoms with E-state index in [-0.39, 0.29) is 45.8 Å². The van der Waals surface area contributed by atoms with Crippen molar-refractivity contribution in [2.24, 2.45) is 50.2 Å². The van der Waals surface area contributed by atoms with Gasteiger partial charge in [-0.3, -0.25) is 10.1 Å². The monoisotopic (exact) mass is 500 g/mol. The molecule has 0 bridgehead atoms. The Labute approximate surface area is 219 Å². The molecule has 0 aliphatic heterocycles. The van der Waals surface area contributed by atoms with Crippen LogP contribution in [0.3, 0.4) is 0 Å². The summed E-state index contributed by atoms with van der Waals surface area (Å²) in [7, 11) is 0. The van der Waals surface area contributed by atoms with E-state index in [1.165, 1.54) is 39.0 Å². The van der Waals surface area contributed by atoms with Gasteiger partial charge in [-0.15, -0.1) is 0 Å². The van der Waals surface area contributed by atoms with Gasteiger partial charge < -0.3 is 4.74 Å². The predicted octanol–water partition coefficient (Wildman–Crippen LogP) is 8.21. The molecular weight excluding hydrogens is 448 g/mol. The maximum atomic E-state index is 11.9. The molecule has 0 spiro atoms. The second-order valence-electron chi connectivity index (χ2n) is 16.0. The van der Waals surface area contributed by atoms with E-state index in [2.05, 4.69) is 61.5 Å². The normalized spacial score (nSPS) is 51.1. The van der Waals surface area contributed by atoms with Gasteiger partial charge in [-0.1, -0.05) is 67.0 Å². The molecule has 9 atom stereocenters. The molecule has 0 heterocycles. The number of rotatable bonds is 2. The maximum absolute atomic E-state index is 11.9. The molecular formula is C32H52O4. The lowest BCUT2D eigenvalue weighted by Crippen LogP contribution is -2.67. The van der Waals surface area contributed by atoms with E-state index in [1.807, 2.05) is 0 Å². The molecule has 36 heavy (non-hydrogen) atoms. The minimum atomic E-state index is -0.278. The largest absolute Gasteiger partial charge is 0.462 e. The summed E-state index contributed by atoms with van der Waals surface area (Å²) in [5.74, 6) is 1.05. The van der Waals surface area contributed by atoms with Crippen LogP contribution in [0.25, 0.3) is 0 Å². The first-order valence-electron chi connectivity index (χ1n) is 14.7. The molecule has 5 aliphatic rings. The molecule has 0 saturated heterocycles. The fraction of sp³-hybridized carbons (Fsp3) is 0.906. The zero-order chi connectivity index (χ0) is 26.5. The average Bonchev–Trinajstić information content (AvgIpc) is 2.77. The summed E-state index contributed by atoms with van der Waals surface area (Å²) in [6, 6.07) is 0. The third-order valence-electron chi connectivity index (χ3n) is 13.4. The summed E-state index contributed by atoms with van der Waals surface area (Å²) in [6.45, 7) is 21.2. The van der Waals surface area contributed by atoms with Crippen molar-refractivity contribution in [3.8, 4) is 0 Å². The molecule has 0 radical (unpaired) electrons. The molecule has 4 nitrogen and oxygen atoms in total. The van der Waals surface area contributed by atoms with Crippen molar-refractivity contribution in [2.75, 3.05) is 0 Å². The summed E-state index contributed by atoms with van der Waals surface area (Å²) in [6.07, 6.45) is 12.6. The summed E-state index contributed by atoms with van der Waals surface area (Å²) < 4.78 is 5.88. The van der Waals surface area contributed by atoms with Crippen molar-refractivity contribution >= 4 is 5.97 Å². The predicted molar refractivity (Wildman–Crippen MR) is 143 cm³/mol. The smallest absolute Gasteiger partial charge is 0.302 e. The van der Waals surface area contributed by atoms with Gasteiger partial charge in [-0.25, -0.2) is 4.89 Å². The molecule has 5 rings (SSSR count). The molecule has 0 aromatic heterocycles. The van der Waals surface area contributed by atoms with Crippen molar-refractivity contribution in [2.45, 2.75) is 132 Å². The van der Waals surface area contributed by atoms with Crippen molar-refractivity contribution in [1.29, 1.82) is 0 Å². The minimum Gasteiger partial charge on any atom is -0.462 e. The highest BCUT2D eigenvalue weighted by Crippen LogP contribution is 2.76. The Morgan fingerprint density at radius 3 is 2.22 bits per heavy atom. The van der Waals surface area contributed by atoms with E-state index in [0.29, 0.717) is 22.7 Å². The third-order valence-corrected chi connectivity index (χ3v) is 13.4. The van der Waals surface area contributed by atoms with Gasteiger partial charge in [0.1, 0.15) is 12.2 Å². The second kappa shape index (κ2) is 8.07. The van der Waals surface area contributed by atoms with Gasteiger partial charge in [0.25, 0.3) is 0 Å². The Bertz CT molecular complexity index is 950. The molecule has 204 valence electrons. The van der Waals surface area contributed by atoms with E-state index < -0.39 is 0 Å². The lowest BCUT2D eigenvalue weighted by Gasteiger charge is -2.72. The molecule has 4 heteroatoms. The molecule has 0 aromatic carbocycles. The minimum absolute atomic E-state index is 0.0121. The number of ether oxygens (including phenoxy) is 1. The lowest BCUT2D eigenvalue weighted by molar-refractivity contribution is -0.322. The fourth-order valence-electron chi connectivity index (χ4n) is 11.1. The first kappa shape index (κ1) is 26.7. The number of allylic oxidation sites excluding steroid dienone is 1. The van der Waals surface area contributed by atoms with Crippen LogP contribution in [0, 0.1) is 50.2 Å². The van der Waals surface area contributed by atoms with Crippen molar-refractivity contribution in [3.05, 3.63) is 11.6 Å². The van der Waals surface area contributed by atoms with E-state index >= 15 is 0 Å². The average molecular weight is 501 g/mol. The number of hydrogen-bond donors (Lipinski definition) is 1. The van der Waals surface area contributed by atoms with Gasteiger partial charge in [0, 0.05) is 18.3 Å². The first-order valence-corrected chi connectivity index (χ1v) is 14.7. The van der Waals surface area contributed by atoms with Crippen LogP contribution >= 0.6 is 0 Å². The molecule has 9 unspecified atom stereocenters. The molecule has 0 aromatic rings. The number of carbonyl (C=O) groups is 1. The fourth-order valence-corrected chi connectivity index (χ4v) is 11.1. The lowest BCUT2D eigenvalue weighted by atomic mass is 9.33. The molecule has 1 N–H and O–H groups in total. The zero-order valence-corrected chi connectivity index (χ0v) is 24.5. The van der Waals surface area contributed by atoms with Crippen LogP contribution in [0.4, 0.5) is 0 Å². The number of carbonyl (C=O) groups excluding carboxylic acids is 1. The van der Waals surface area contributed by atoms with Crippen LogP contribution in [0.1, 0.15) is 120 Å². The van der Waals surface area contributed by atoms with E-state index in [4.69, 9.17) is 9.62 Å². The van der Waals surface area contributed by atoms with Crippen LogP contribution in [0.15, 0.2) is 11.6 Å². The Morgan fingerprint density at radius 1 is 0.917 bits per heavy atom. The van der Waals surface area contributed by atoms with Crippen LogP contribution in [0.5, 0.6) is 0 Å². The molecule has 5 aliphatic carbocycles. The van der Waals surface area contributed by atoms with Gasteiger partial charge in [0.15, 0.2) is 0 Å². The summed E-state index contributed by atoms with van der Waals surface area (Å²) in [5.41, 5.74) is 2.39. The topological polar surface area (TPSA) is 55.8 Å². The van der Waals surface area contributed by atoms with Gasteiger partial charge in [0.2, 0.25) is 0 Å². The third kappa shape index (κ3) is 3.48.